The summed E-state index contributed by atoms with van der Waals surface area (Å²) in [6.07, 6.45) is 0. The number of nitrogens with two attached hydrogens (primary N) is 2. The summed E-state index contributed by atoms with van der Waals surface area (Å²) in [5.41, 5.74) is 13.0. The van der Waals surface area contributed by atoms with E-state index in [-0.39, 0.29) is 5.95 Å². The maximum absolute atomic E-state index is 5.83. The molecule has 68 valence electrons. The average molecular weight is 195 g/mol. The second-order valence-corrected chi connectivity index (χ2v) is 3.58. The maximum atomic E-state index is 5.83. The molecule has 0 saturated carbocycles. The third-order valence-corrected chi connectivity index (χ3v) is 2.86. The topological polar surface area (TPSA) is 93.6 Å². The van der Waals surface area contributed by atoms with Crippen molar-refractivity contribution in [3.05, 3.63) is 10.9 Å². The van der Waals surface area contributed by atoms with Crippen LogP contribution in [0.1, 0.15) is 5.56 Å². The first-order valence-electron chi connectivity index (χ1n) is 3.70. The standard InChI is InChI=1S/C7H9N5S/c1-3-2-13-5(4(3)8)6-10-7(9)12-11-6/h2H,8H2,1H3,(H3,9,10,11,12). The monoisotopic (exact) mass is 195 g/mol. The fraction of sp³-hybridized carbons (Fsp3) is 0.143. The molecule has 5 nitrogen and oxygen atoms in total. The van der Waals surface area contributed by atoms with Crippen LogP contribution >= 0.6 is 11.3 Å². The van der Waals surface area contributed by atoms with Crippen LogP contribution in [-0.4, -0.2) is 15.2 Å². The predicted octanol–water partition coefficient (Wildman–Crippen LogP) is 1.01. The lowest BCUT2D eigenvalue weighted by molar-refractivity contribution is 1.11. The minimum Gasteiger partial charge on any atom is -0.397 e. The summed E-state index contributed by atoms with van der Waals surface area (Å²) < 4.78 is 0. The lowest BCUT2D eigenvalue weighted by Gasteiger charge is -1.93. The molecule has 0 unspecified atom stereocenters. The Balaban J connectivity index is 2.52. The molecule has 2 rings (SSSR count). The van der Waals surface area contributed by atoms with Gasteiger partial charge in [0.2, 0.25) is 5.95 Å². The molecule has 0 atom stereocenters. The molecule has 5 N–H and O–H groups in total. The minimum atomic E-state index is 0.237. The van der Waals surface area contributed by atoms with Crippen LogP contribution in [0.15, 0.2) is 5.38 Å². The van der Waals surface area contributed by atoms with Gasteiger partial charge < -0.3 is 11.5 Å². The van der Waals surface area contributed by atoms with E-state index >= 15 is 0 Å². The van der Waals surface area contributed by atoms with Gasteiger partial charge in [0.25, 0.3) is 0 Å². The third-order valence-electron chi connectivity index (χ3n) is 1.74. The van der Waals surface area contributed by atoms with E-state index in [1.807, 2.05) is 12.3 Å². The van der Waals surface area contributed by atoms with Crippen LogP contribution in [0.4, 0.5) is 11.6 Å². The Morgan fingerprint density at radius 3 is 2.69 bits per heavy atom. The molecule has 0 radical (unpaired) electrons. The molecule has 2 heterocycles. The Bertz CT molecular complexity index is 430. The molecule has 0 aliphatic rings. The zero-order chi connectivity index (χ0) is 9.42. The van der Waals surface area contributed by atoms with Gasteiger partial charge in [-0.1, -0.05) is 0 Å². The first-order valence-corrected chi connectivity index (χ1v) is 4.58. The van der Waals surface area contributed by atoms with Crippen molar-refractivity contribution in [3.63, 3.8) is 0 Å². The lowest BCUT2D eigenvalue weighted by atomic mass is 10.3. The molecule has 2 aromatic rings. The highest BCUT2D eigenvalue weighted by atomic mass is 32.1. The SMILES string of the molecule is Cc1csc(-c2nc(N)n[nH]2)c1N. The molecule has 0 fully saturated rings. The number of aryl methyl sites for hydroxylation is 1. The summed E-state index contributed by atoms with van der Waals surface area (Å²) in [7, 11) is 0. The number of nitrogen functional groups attached to an aromatic ring is 2. The molecule has 13 heavy (non-hydrogen) atoms. The van der Waals surface area contributed by atoms with Crippen LogP contribution < -0.4 is 11.5 Å². The molecule has 0 aliphatic carbocycles. The van der Waals surface area contributed by atoms with Gasteiger partial charge in [-0.05, 0) is 17.9 Å². The number of nitrogens with one attached hydrogen (secondary N) is 1. The molecule has 0 amide bonds. The molecule has 0 spiro atoms. The Hall–Kier alpha value is -1.56. The average Bonchev–Trinajstić information content (AvgIpc) is 2.62. The maximum Gasteiger partial charge on any atom is 0.239 e. The van der Waals surface area contributed by atoms with Gasteiger partial charge in [0.15, 0.2) is 5.82 Å². The normalized spacial score (nSPS) is 10.5. The van der Waals surface area contributed by atoms with Crippen molar-refractivity contribution in [2.75, 3.05) is 11.5 Å². The number of H-pyrrole nitrogens is 1. The van der Waals surface area contributed by atoms with Crippen molar-refractivity contribution in [2.24, 2.45) is 0 Å². The van der Waals surface area contributed by atoms with Crippen molar-refractivity contribution in [3.8, 4) is 10.7 Å². The van der Waals surface area contributed by atoms with E-state index in [1.54, 1.807) is 0 Å². The van der Waals surface area contributed by atoms with Crippen LogP contribution in [-0.2, 0) is 0 Å². The van der Waals surface area contributed by atoms with Crippen LogP contribution in [0.2, 0.25) is 0 Å². The predicted molar refractivity (Wildman–Crippen MR) is 53.3 cm³/mol. The molecule has 6 heteroatoms. The number of aromatic nitrogens is 3. The van der Waals surface area contributed by atoms with Crippen LogP contribution in [0.5, 0.6) is 0 Å². The molecule has 0 bridgehead atoms. The number of aromatic amines is 1. The van der Waals surface area contributed by atoms with Gasteiger partial charge in [-0.25, -0.2) is 0 Å². The molecule has 2 aromatic heterocycles. The zero-order valence-electron chi connectivity index (χ0n) is 7.03. The van der Waals surface area contributed by atoms with E-state index in [4.69, 9.17) is 11.5 Å². The largest absolute Gasteiger partial charge is 0.397 e. The number of nitrogens with zero attached hydrogens (tertiary/aromatic N) is 2. The first-order chi connectivity index (χ1) is 6.18. The summed E-state index contributed by atoms with van der Waals surface area (Å²) in [5.74, 6) is 0.869. The second-order valence-electron chi connectivity index (χ2n) is 2.70. The number of thiophene rings is 1. The van der Waals surface area contributed by atoms with Crippen molar-refractivity contribution in [2.45, 2.75) is 6.92 Å². The highest BCUT2D eigenvalue weighted by Crippen LogP contribution is 2.32. The van der Waals surface area contributed by atoms with Crippen LogP contribution in [0.3, 0.4) is 0 Å². The molecule has 0 aromatic carbocycles. The van der Waals surface area contributed by atoms with E-state index in [0.717, 1.165) is 16.1 Å². The van der Waals surface area contributed by atoms with Gasteiger partial charge in [-0.3, -0.25) is 5.10 Å². The molecule has 0 aliphatic heterocycles. The fourth-order valence-electron chi connectivity index (χ4n) is 1.01. The lowest BCUT2D eigenvalue weighted by Crippen LogP contribution is -1.88. The zero-order valence-corrected chi connectivity index (χ0v) is 7.85. The highest BCUT2D eigenvalue weighted by Gasteiger charge is 2.10. The Labute approximate surface area is 78.8 Å². The van der Waals surface area contributed by atoms with Crippen molar-refractivity contribution >= 4 is 23.0 Å². The smallest absolute Gasteiger partial charge is 0.239 e. The summed E-state index contributed by atoms with van der Waals surface area (Å²) in [6.45, 7) is 1.95. The number of hydrogen-bond donors (Lipinski definition) is 3. The number of hydrogen-bond acceptors (Lipinski definition) is 5. The van der Waals surface area contributed by atoms with Crippen molar-refractivity contribution < 1.29 is 0 Å². The van der Waals surface area contributed by atoms with Gasteiger partial charge in [0.05, 0.1) is 10.6 Å². The van der Waals surface area contributed by atoms with Crippen LogP contribution in [0, 0.1) is 6.92 Å². The van der Waals surface area contributed by atoms with E-state index in [0.29, 0.717) is 5.82 Å². The van der Waals surface area contributed by atoms with Gasteiger partial charge in [0.1, 0.15) is 0 Å². The van der Waals surface area contributed by atoms with Crippen molar-refractivity contribution in [1.82, 2.24) is 15.2 Å². The Morgan fingerprint density at radius 1 is 1.46 bits per heavy atom. The van der Waals surface area contributed by atoms with Gasteiger partial charge in [-0.2, -0.15) is 4.98 Å². The molecule has 0 saturated heterocycles. The number of anilines is 2. The fourth-order valence-corrected chi connectivity index (χ4v) is 1.93. The summed E-state index contributed by atoms with van der Waals surface area (Å²) >= 11 is 1.53. The van der Waals surface area contributed by atoms with Crippen molar-refractivity contribution in [1.29, 1.82) is 0 Å². The quantitative estimate of drug-likeness (QED) is 0.633. The first kappa shape index (κ1) is 8.06. The second kappa shape index (κ2) is 2.74. The van der Waals surface area contributed by atoms with E-state index in [1.165, 1.54) is 11.3 Å². The van der Waals surface area contributed by atoms with E-state index < -0.39 is 0 Å². The number of rotatable bonds is 1. The minimum absolute atomic E-state index is 0.237. The molecular formula is C7H9N5S. The van der Waals surface area contributed by atoms with Gasteiger partial charge in [0, 0.05) is 0 Å². The van der Waals surface area contributed by atoms with Gasteiger partial charge in [-0.15, -0.1) is 16.4 Å². The highest BCUT2D eigenvalue weighted by molar-refractivity contribution is 7.14. The van der Waals surface area contributed by atoms with E-state index in [2.05, 4.69) is 15.2 Å². The van der Waals surface area contributed by atoms with Crippen LogP contribution in [0.25, 0.3) is 10.7 Å². The summed E-state index contributed by atoms with van der Waals surface area (Å²) in [4.78, 5) is 4.89. The Kier molecular flexibility index (Phi) is 1.70. The molecular weight excluding hydrogens is 186 g/mol. The summed E-state index contributed by atoms with van der Waals surface area (Å²) in [5, 5.41) is 8.43. The third kappa shape index (κ3) is 1.25. The van der Waals surface area contributed by atoms with E-state index in [9.17, 15) is 0 Å². The van der Waals surface area contributed by atoms with Gasteiger partial charge >= 0.3 is 0 Å². The summed E-state index contributed by atoms with van der Waals surface area (Å²) in [6, 6.07) is 0. The Morgan fingerprint density at radius 2 is 2.23 bits per heavy atom.